The fraction of sp³-hybridized carbons (Fsp3) is 0.300. The Labute approximate surface area is 154 Å². The van der Waals surface area contributed by atoms with E-state index in [1.54, 1.807) is 12.1 Å². The Morgan fingerprint density at radius 1 is 0.808 bits per heavy atom. The van der Waals surface area contributed by atoms with Gasteiger partial charge in [-0.25, -0.2) is 0 Å². The highest BCUT2D eigenvalue weighted by Crippen LogP contribution is 2.15. The lowest BCUT2D eigenvalue weighted by Crippen LogP contribution is -2.12. The van der Waals surface area contributed by atoms with Crippen LogP contribution in [0.4, 0.5) is 0 Å². The number of amidine groups is 2. The molecule has 0 bridgehead atoms. The van der Waals surface area contributed by atoms with Gasteiger partial charge in [-0.05, 0) is 49.1 Å². The van der Waals surface area contributed by atoms with E-state index in [1.807, 2.05) is 36.4 Å². The van der Waals surface area contributed by atoms with Crippen molar-refractivity contribution < 1.29 is 9.47 Å². The molecule has 2 rings (SSSR count). The molecule has 0 aliphatic carbocycles. The van der Waals surface area contributed by atoms with Crippen LogP contribution in [-0.4, -0.2) is 24.9 Å². The minimum Gasteiger partial charge on any atom is -0.494 e. The Kier molecular flexibility index (Phi) is 7.49. The molecular weight excluding hydrogens is 328 g/mol. The van der Waals surface area contributed by atoms with Crippen LogP contribution in [0.15, 0.2) is 48.5 Å². The Hall–Kier alpha value is -3.02. The van der Waals surface area contributed by atoms with Crippen LogP contribution in [0.1, 0.15) is 30.4 Å². The molecule has 0 aliphatic rings. The monoisotopic (exact) mass is 354 g/mol. The molecule has 6 N–H and O–H groups in total. The summed E-state index contributed by atoms with van der Waals surface area (Å²) < 4.78 is 11.4. The van der Waals surface area contributed by atoms with Gasteiger partial charge in [0.15, 0.2) is 0 Å². The number of rotatable bonds is 11. The molecule has 0 unspecified atom stereocenters. The number of hydrogen-bond acceptors (Lipinski definition) is 4. The highest BCUT2D eigenvalue weighted by atomic mass is 16.5. The Balaban J connectivity index is 1.59. The number of benzene rings is 2. The lowest BCUT2D eigenvalue weighted by atomic mass is 10.1. The van der Waals surface area contributed by atoms with Crippen molar-refractivity contribution in [3.8, 4) is 11.5 Å². The van der Waals surface area contributed by atoms with Gasteiger partial charge in [-0.1, -0.05) is 24.3 Å². The molecule has 6 nitrogen and oxygen atoms in total. The third-order valence-electron chi connectivity index (χ3n) is 3.79. The molecule has 0 atom stereocenters. The molecule has 0 spiro atoms. The van der Waals surface area contributed by atoms with E-state index in [0.29, 0.717) is 25.2 Å². The second-order valence-corrected chi connectivity index (χ2v) is 6.05. The van der Waals surface area contributed by atoms with Crippen LogP contribution in [-0.2, 0) is 6.42 Å². The maximum absolute atomic E-state index is 7.43. The number of nitrogens with one attached hydrogen (secondary N) is 2. The first-order valence-corrected chi connectivity index (χ1v) is 8.66. The zero-order valence-electron chi connectivity index (χ0n) is 14.8. The summed E-state index contributed by atoms with van der Waals surface area (Å²) in [7, 11) is 0. The summed E-state index contributed by atoms with van der Waals surface area (Å²) in [6.07, 6.45) is 3.36. The van der Waals surface area contributed by atoms with Crippen LogP contribution in [0, 0.1) is 10.8 Å². The maximum Gasteiger partial charge on any atom is 0.122 e. The van der Waals surface area contributed by atoms with E-state index in [1.165, 1.54) is 0 Å². The van der Waals surface area contributed by atoms with E-state index in [2.05, 4.69) is 0 Å². The predicted molar refractivity (Wildman–Crippen MR) is 104 cm³/mol. The van der Waals surface area contributed by atoms with Gasteiger partial charge in [0.2, 0.25) is 0 Å². The number of hydrogen-bond donors (Lipinski definition) is 4. The lowest BCUT2D eigenvalue weighted by molar-refractivity contribution is 0.279. The second-order valence-electron chi connectivity index (χ2n) is 6.05. The molecule has 6 heteroatoms. The summed E-state index contributed by atoms with van der Waals surface area (Å²) in [5, 5.41) is 14.7. The van der Waals surface area contributed by atoms with Crippen molar-refractivity contribution in [2.75, 3.05) is 13.2 Å². The quantitative estimate of drug-likeness (QED) is 0.282. The third kappa shape index (κ3) is 6.84. The van der Waals surface area contributed by atoms with Crippen LogP contribution >= 0.6 is 0 Å². The molecule has 138 valence electrons. The molecule has 26 heavy (non-hydrogen) atoms. The molecule has 0 heterocycles. The maximum atomic E-state index is 7.43. The van der Waals surface area contributed by atoms with Crippen molar-refractivity contribution in [2.24, 2.45) is 11.5 Å². The highest BCUT2D eigenvalue weighted by Gasteiger charge is 2.00. The summed E-state index contributed by atoms with van der Waals surface area (Å²) in [6, 6.07) is 14.9. The van der Waals surface area contributed by atoms with E-state index in [-0.39, 0.29) is 11.7 Å². The van der Waals surface area contributed by atoms with E-state index in [4.69, 9.17) is 31.8 Å². The number of nitrogens with two attached hydrogens (primary N) is 2. The van der Waals surface area contributed by atoms with E-state index >= 15 is 0 Å². The van der Waals surface area contributed by atoms with Crippen molar-refractivity contribution >= 4 is 11.7 Å². The minimum atomic E-state index is 0.0434. The van der Waals surface area contributed by atoms with Crippen molar-refractivity contribution in [3.05, 3.63) is 59.7 Å². The molecule has 0 fully saturated rings. The van der Waals surface area contributed by atoms with Crippen molar-refractivity contribution in [1.29, 1.82) is 10.8 Å². The summed E-state index contributed by atoms with van der Waals surface area (Å²) in [6.45, 7) is 1.28. The minimum absolute atomic E-state index is 0.0434. The SMILES string of the molecule is N=C(N)Cc1ccc(OCCCCCOc2cccc(C(=N)N)c2)cc1. The molecule has 0 radical (unpaired) electrons. The van der Waals surface area contributed by atoms with E-state index in [0.717, 1.165) is 36.3 Å². The van der Waals surface area contributed by atoms with Crippen LogP contribution in [0.5, 0.6) is 11.5 Å². The molecule has 2 aromatic rings. The van der Waals surface area contributed by atoms with Crippen molar-refractivity contribution in [1.82, 2.24) is 0 Å². The Bertz CT molecular complexity index is 729. The Morgan fingerprint density at radius 2 is 1.46 bits per heavy atom. The first-order valence-electron chi connectivity index (χ1n) is 8.66. The van der Waals surface area contributed by atoms with Crippen molar-refractivity contribution in [3.63, 3.8) is 0 Å². The van der Waals surface area contributed by atoms with Crippen LogP contribution < -0.4 is 20.9 Å². The molecule has 0 saturated carbocycles. The van der Waals surface area contributed by atoms with Gasteiger partial charge < -0.3 is 20.9 Å². The fourth-order valence-corrected chi connectivity index (χ4v) is 2.44. The molecule has 0 saturated heterocycles. The second kappa shape index (κ2) is 10.1. The Morgan fingerprint density at radius 3 is 2.08 bits per heavy atom. The standard InChI is InChI=1S/C20H26N4O2/c21-19(22)13-15-7-9-17(10-8-15)25-11-2-1-3-12-26-18-6-4-5-16(14-18)20(23)24/h4-10,14H,1-3,11-13H2,(H3,21,22)(H3,23,24). The zero-order chi connectivity index (χ0) is 18.8. The normalized spacial score (nSPS) is 10.3. The van der Waals surface area contributed by atoms with E-state index in [9.17, 15) is 0 Å². The van der Waals surface area contributed by atoms with Gasteiger partial charge in [0.25, 0.3) is 0 Å². The summed E-state index contributed by atoms with van der Waals surface area (Å²) in [5.41, 5.74) is 12.5. The van der Waals surface area contributed by atoms with Crippen LogP contribution in [0.25, 0.3) is 0 Å². The van der Waals surface area contributed by atoms with Gasteiger partial charge in [-0.3, -0.25) is 10.8 Å². The van der Waals surface area contributed by atoms with Gasteiger partial charge in [0.1, 0.15) is 17.3 Å². The fourth-order valence-electron chi connectivity index (χ4n) is 2.44. The molecule has 0 aliphatic heterocycles. The first-order chi connectivity index (χ1) is 12.5. The first kappa shape index (κ1) is 19.3. The predicted octanol–water partition coefficient (Wildman–Crippen LogP) is 3.08. The van der Waals surface area contributed by atoms with E-state index < -0.39 is 0 Å². The van der Waals surface area contributed by atoms with Gasteiger partial charge in [-0.2, -0.15) is 0 Å². The summed E-state index contributed by atoms with van der Waals surface area (Å²) in [5.74, 6) is 1.77. The average Bonchev–Trinajstić information content (AvgIpc) is 2.62. The van der Waals surface area contributed by atoms with Gasteiger partial charge in [-0.15, -0.1) is 0 Å². The topological polar surface area (TPSA) is 118 Å². The number of ether oxygens (including phenoxy) is 2. The van der Waals surface area contributed by atoms with Crippen molar-refractivity contribution in [2.45, 2.75) is 25.7 Å². The number of unbranched alkanes of at least 4 members (excludes halogenated alkanes) is 2. The molecule has 0 amide bonds. The van der Waals surface area contributed by atoms with Gasteiger partial charge in [0, 0.05) is 12.0 Å². The average molecular weight is 354 g/mol. The lowest BCUT2D eigenvalue weighted by Gasteiger charge is -2.09. The van der Waals surface area contributed by atoms with Crippen LogP contribution in [0.3, 0.4) is 0 Å². The molecular formula is C20H26N4O2. The molecule has 2 aromatic carbocycles. The third-order valence-corrected chi connectivity index (χ3v) is 3.79. The van der Waals surface area contributed by atoms with Gasteiger partial charge in [0.05, 0.1) is 19.0 Å². The molecule has 0 aromatic heterocycles. The smallest absolute Gasteiger partial charge is 0.122 e. The zero-order valence-corrected chi connectivity index (χ0v) is 14.8. The highest BCUT2D eigenvalue weighted by molar-refractivity contribution is 5.95. The summed E-state index contributed by atoms with van der Waals surface area (Å²) in [4.78, 5) is 0. The largest absolute Gasteiger partial charge is 0.494 e. The van der Waals surface area contributed by atoms with Crippen LogP contribution in [0.2, 0.25) is 0 Å². The summed E-state index contributed by atoms with van der Waals surface area (Å²) >= 11 is 0. The van der Waals surface area contributed by atoms with Gasteiger partial charge >= 0.3 is 0 Å². The number of nitrogen functional groups attached to an aromatic ring is 1.